The minimum atomic E-state index is -0.0440. The Kier molecular flexibility index (Phi) is 5.15. The number of rotatable bonds is 5. The molecule has 0 aliphatic carbocycles. The van der Waals surface area contributed by atoms with Crippen LogP contribution in [0.15, 0.2) is 30.3 Å². The summed E-state index contributed by atoms with van der Waals surface area (Å²) in [6, 6.07) is 8.86. The van der Waals surface area contributed by atoms with Crippen molar-refractivity contribution in [2.75, 3.05) is 18.5 Å². The third-order valence-corrected chi connectivity index (χ3v) is 4.32. The summed E-state index contributed by atoms with van der Waals surface area (Å²) in [5.41, 5.74) is 2.00. The van der Waals surface area contributed by atoms with E-state index in [2.05, 4.69) is 10.4 Å². The zero-order valence-electron chi connectivity index (χ0n) is 13.9. The van der Waals surface area contributed by atoms with Crippen LogP contribution in [-0.4, -0.2) is 34.0 Å². The lowest BCUT2D eigenvalue weighted by Crippen LogP contribution is -2.16. The van der Waals surface area contributed by atoms with Gasteiger partial charge in [0.1, 0.15) is 11.6 Å². The number of hydrogen-bond donors (Lipinski definition) is 2. The van der Waals surface area contributed by atoms with E-state index in [4.69, 9.17) is 4.74 Å². The minimum Gasteiger partial charge on any atom is -0.508 e. The second-order valence-electron chi connectivity index (χ2n) is 6.21. The molecular weight excluding hydrogens is 306 g/mol. The van der Waals surface area contributed by atoms with Crippen molar-refractivity contribution < 1.29 is 14.6 Å². The zero-order chi connectivity index (χ0) is 16.9. The number of nitrogens with zero attached hydrogens (tertiary/aromatic N) is 2. The second-order valence-corrected chi connectivity index (χ2v) is 6.21. The normalized spacial score (nSPS) is 17.6. The summed E-state index contributed by atoms with van der Waals surface area (Å²) < 4.78 is 7.22. The van der Waals surface area contributed by atoms with Crippen LogP contribution in [0.2, 0.25) is 0 Å². The van der Waals surface area contributed by atoms with Crippen molar-refractivity contribution >= 4 is 11.7 Å². The molecule has 1 atom stereocenters. The maximum Gasteiger partial charge on any atom is 0.225 e. The van der Waals surface area contributed by atoms with E-state index < -0.39 is 0 Å². The molecule has 1 amide bonds. The molecule has 2 aromatic rings. The molecule has 0 radical (unpaired) electrons. The van der Waals surface area contributed by atoms with E-state index in [1.165, 1.54) is 0 Å². The van der Waals surface area contributed by atoms with E-state index >= 15 is 0 Å². The third kappa shape index (κ3) is 4.14. The molecule has 3 rings (SSSR count). The molecule has 1 aliphatic rings. The van der Waals surface area contributed by atoms with E-state index in [0.29, 0.717) is 31.2 Å². The smallest absolute Gasteiger partial charge is 0.225 e. The van der Waals surface area contributed by atoms with Gasteiger partial charge >= 0.3 is 0 Å². The number of carbonyl (C=O) groups excluding carboxylic acids is 1. The molecule has 0 saturated carbocycles. The van der Waals surface area contributed by atoms with Crippen molar-refractivity contribution in [2.45, 2.75) is 31.6 Å². The number of aromatic hydroxyl groups is 1. The minimum absolute atomic E-state index is 0.0440. The molecule has 1 fully saturated rings. The Bertz CT molecular complexity index is 688. The third-order valence-electron chi connectivity index (χ3n) is 4.32. The first-order valence-corrected chi connectivity index (χ1v) is 8.31. The molecule has 2 N–H and O–H groups in total. The largest absolute Gasteiger partial charge is 0.508 e. The van der Waals surface area contributed by atoms with Gasteiger partial charge in [-0.25, -0.2) is 0 Å². The fourth-order valence-electron chi connectivity index (χ4n) is 2.91. The summed E-state index contributed by atoms with van der Waals surface area (Å²) >= 11 is 0. The summed E-state index contributed by atoms with van der Waals surface area (Å²) in [7, 11) is 1.84. The van der Waals surface area contributed by atoms with Gasteiger partial charge in [-0.15, -0.1) is 0 Å². The standard InChI is InChI=1S/C18H23N3O3/c1-21-17(11-16(20-21)14-3-2-10-24-12-14)19-18(23)9-6-13-4-7-15(22)8-5-13/h4-5,7-8,11,14,22H,2-3,6,9-10,12H2,1H3,(H,19,23)/t14-/m0/s1. The number of anilines is 1. The Labute approximate surface area is 141 Å². The summed E-state index contributed by atoms with van der Waals surface area (Å²) in [5, 5.41) is 16.7. The first-order chi connectivity index (χ1) is 11.6. The molecule has 128 valence electrons. The van der Waals surface area contributed by atoms with Crippen LogP contribution < -0.4 is 5.32 Å². The molecule has 1 saturated heterocycles. The molecule has 0 bridgehead atoms. The number of amides is 1. The number of ether oxygens (including phenoxy) is 1. The first-order valence-electron chi connectivity index (χ1n) is 8.31. The van der Waals surface area contributed by atoms with Crippen LogP contribution in [0.3, 0.4) is 0 Å². The van der Waals surface area contributed by atoms with Crippen LogP contribution in [0, 0.1) is 0 Å². The van der Waals surface area contributed by atoms with Crippen molar-refractivity contribution in [3.8, 4) is 5.75 Å². The highest BCUT2D eigenvalue weighted by atomic mass is 16.5. The summed E-state index contributed by atoms with van der Waals surface area (Å²) in [5.74, 6) is 1.22. The van der Waals surface area contributed by atoms with Crippen molar-refractivity contribution in [1.82, 2.24) is 9.78 Å². The highest BCUT2D eigenvalue weighted by Crippen LogP contribution is 2.26. The van der Waals surface area contributed by atoms with Crippen LogP contribution in [0.1, 0.15) is 36.4 Å². The Balaban J connectivity index is 1.55. The van der Waals surface area contributed by atoms with E-state index in [9.17, 15) is 9.90 Å². The van der Waals surface area contributed by atoms with Gasteiger partial charge in [-0.1, -0.05) is 12.1 Å². The second kappa shape index (κ2) is 7.49. The van der Waals surface area contributed by atoms with Gasteiger partial charge in [-0.2, -0.15) is 5.10 Å². The predicted molar refractivity (Wildman–Crippen MR) is 91.1 cm³/mol. The average Bonchev–Trinajstić information content (AvgIpc) is 2.96. The number of benzene rings is 1. The molecule has 6 heteroatoms. The van der Waals surface area contributed by atoms with Crippen molar-refractivity contribution in [3.05, 3.63) is 41.6 Å². The lowest BCUT2D eigenvalue weighted by atomic mass is 9.99. The van der Waals surface area contributed by atoms with Crippen molar-refractivity contribution in [2.24, 2.45) is 7.05 Å². The molecule has 1 aromatic heterocycles. The number of aromatic nitrogens is 2. The van der Waals surface area contributed by atoms with Crippen molar-refractivity contribution in [1.29, 1.82) is 0 Å². The number of carbonyl (C=O) groups is 1. The molecule has 1 aromatic carbocycles. The first kappa shape index (κ1) is 16.5. The lowest BCUT2D eigenvalue weighted by molar-refractivity contribution is -0.116. The number of phenols is 1. The molecule has 2 heterocycles. The van der Waals surface area contributed by atoms with Gasteiger partial charge in [-0.3, -0.25) is 9.48 Å². The van der Waals surface area contributed by atoms with Gasteiger partial charge in [0.15, 0.2) is 0 Å². The molecule has 6 nitrogen and oxygen atoms in total. The van der Waals surface area contributed by atoms with Gasteiger partial charge in [0.25, 0.3) is 0 Å². The zero-order valence-corrected chi connectivity index (χ0v) is 13.9. The lowest BCUT2D eigenvalue weighted by Gasteiger charge is -2.19. The summed E-state index contributed by atoms with van der Waals surface area (Å²) in [4.78, 5) is 12.2. The monoisotopic (exact) mass is 329 g/mol. The maximum atomic E-state index is 12.2. The molecule has 1 aliphatic heterocycles. The fourth-order valence-corrected chi connectivity index (χ4v) is 2.91. The average molecular weight is 329 g/mol. The Morgan fingerprint density at radius 1 is 1.42 bits per heavy atom. The number of aryl methyl sites for hydroxylation is 2. The maximum absolute atomic E-state index is 12.2. The van der Waals surface area contributed by atoms with E-state index in [1.807, 2.05) is 25.2 Å². The van der Waals surface area contributed by atoms with Crippen LogP contribution in [0.25, 0.3) is 0 Å². The van der Waals surface area contributed by atoms with E-state index in [-0.39, 0.29) is 11.7 Å². The van der Waals surface area contributed by atoms with Crippen LogP contribution in [0.4, 0.5) is 5.82 Å². The number of hydrogen-bond acceptors (Lipinski definition) is 4. The van der Waals surface area contributed by atoms with Gasteiger partial charge < -0.3 is 15.2 Å². The quantitative estimate of drug-likeness (QED) is 0.884. The van der Waals surface area contributed by atoms with E-state index in [0.717, 1.165) is 30.7 Å². The summed E-state index contributed by atoms with van der Waals surface area (Å²) in [6.45, 7) is 1.52. The van der Waals surface area contributed by atoms with Crippen LogP contribution >= 0.6 is 0 Å². The summed E-state index contributed by atoms with van der Waals surface area (Å²) in [6.07, 6.45) is 3.14. The van der Waals surface area contributed by atoms with Crippen molar-refractivity contribution in [3.63, 3.8) is 0 Å². The predicted octanol–water partition coefficient (Wildman–Crippen LogP) is 2.59. The highest BCUT2D eigenvalue weighted by Gasteiger charge is 2.20. The SMILES string of the molecule is Cn1nc([C@H]2CCCOC2)cc1NC(=O)CCc1ccc(O)cc1. The Morgan fingerprint density at radius 3 is 2.92 bits per heavy atom. The fraction of sp³-hybridized carbons (Fsp3) is 0.444. The number of phenolic OH excluding ortho intramolecular Hbond substituents is 1. The molecule has 0 unspecified atom stereocenters. The Hall–Kier alpha value is -2.34. The van der Waals surface area contributed by atoms with Gasteiger partial charge in [0.05, 0.1) is 12.3 Å². The van der Waals surface area contributed by atoms with Gasteiger partial charge in [0, 0.05) is 32.1 Å². The van der Waals surface area contributed by atoms with Crippen LogP contribution in [0.5, 0.6) is 5.75 Å². The molecule has 24 heavy (non-hydrogen) atoms. The van der Waals surface area contributed by atoms with Crippen LogP contribution in [-0.2, 0) is 23.0 Å². The highest BCUT2D eigenvalue weighted by molar-refractivity contribution is 5.90. The Morgan fingerprint density at radius 2 is 2.21 bits per heavy atom. The van der Waals surface area contributed by atoms with Gasteiger partial charge in [-0.05, 0) is 37.0 Å². The van der Waals surface area contributed by atoms with Gasteiger partial charge in [0.2, 0.25) is 5.91 Å². The molecule has 0 spiro atoms. The topological polar surface area (TPSA) is 76.4 Å². The molecular formula is C18H23N3O3. The number of nitrogens with one attached hydrogen (secondary N) is 1. The van der Waals surface area contributed by atoms with E-state index in [1.54, 1.807) is 16.8 Å².